The topological polar surface area (TPSA) is 28.6 Å². The number of fused-ring (bicyclic) bond motifs is 1. The van der Waals surface area contributed by atoms with Crippen LogP contribution in [0.25, 0.3) is 10.2 Å². The van der Waals surface area contributed by atoms with Gasteiger partial charge in [0, 0.05) is 26.2 Å². The molecule has 0 amide bonds. The van der Waals surface area contributed by atoms with E-state index in [1.807, 2.05) is 12.1 Å². The summed E-state index contributed by atoms with van der Waals surface area (Å²) in [5.74, 6) is 0.868. The van der Waals surface area contributed by atoms with Gasteiger partial charge in [-0.3, -0.25) is 0 Å². The maximum absolute atomic E-state index is 5.38. The highest BCUT2D eigenvalue weighted by molar-refractivity contribution is 7.22. The molecule has 0 aliphatic carbocycles. The lowest BCUT2D eigenvalue weighted by molar-refractivity contribution is 0.271. The van der Waals surface area contributed by atoms with E-state index >= 15 is 0 Å². The van der Waals surface area contributed by atoms with Crippen LogP contribution in [0.3, 0.4) is 0 Å². The Bertz CT molecular complexity index is 561. The predicted octanol–water partition coefficient (Wildman–Crippen LogP) is 2.45. The van der Waals surface area contributed by atoms with Gasteiger partial charge in [0.05, 0.1) is 11.8 Å². The minimum Gasteiger partial charge on any atom is -0.494 e. The molecule has 2 heterocycles. The molecule has 0 saturated carbocycles. The van der Waals surface area contributed by atoms with Crippen molar-refractivity contribution in [2.24, 2.45) is 0 Å². The van der Waals surface area contributed by atoms with Gasteiger partial charge in [0.25, 0.3) is 0 Å². The molecule has 5 heteroatoms. The third-order valence-electron chi connectivity index (χ3n) is 3.68. The SMILES string of the molecule is CCN1CCN(c2nc3c(OC)cccc3s2)CC1. The Kier molecular flexibility index (Phi) is 3.57. The molecule has 0 radical (unpaired) electrons. The zero-order valence-corrected chi connectivity index (χ0v) is 12.2. The molecule has 19 heavy (non-hydrogen) atoms. The molecule has 1 fully saturated rings. The number of hydrogen-bond acceptors (Lipinski definition) is 5. The first kappa shape index (κ1) is 12.7. The fourth-order valence-electron chi connectivity index (χ4n) is 2.47. The molecule has 0 spiro atoms. The van der Waals surface area contributed by atoms with Gasteiger partial charge < -0.3 is 14.5 Å². The van der Waals surface area contributed by atoms with Gasteiger partial charge in [-0.2, -0.15) is 0 Å². The Morgan fingerprint density at radius 1 is 1.26 bits per heavy atom. The number of thiazole rings is 1. The number of anilines is 1. The number of benzene rings is 1. The van der Waals surface area contributed by atoms with Crippen molar-refractivity contribution in [1.82, 2.24) is 9.88 Å². The maximum Gasteiger partial charge on any atom is 0.186 e. The first-order chi connectivity index (χ1) is 9.31. The third-order valence-corrected chi connectivity index (χ3v) is 4.76. The van der Waals surface area contributed by atoms with E-state index in [-0.39, 0.29) is 0 Å². The molecule has 0 unspecified atom stereocenters. The summed E-state index contributed by atoms with van der Waals surface area (Å²) in [4.78, 5) is 9.62. The third kappa shape index (κ3) is 2.40. The molecule has 3 rings (SSSR count). The number of methoxy groups -OCH3 is 1. The molecule has 4 nitrogen and oxygen atoms in total. The number of rotatable bonds is 3. The normalized spacial score (nSPS) is 17.1. The summed E-state index contributed by atoms with van der Waals surface area (Å²) in [6, 6.07) is 6.11. The van der Waals surface area contributed by atoms with Gasteiger partial charge in [-0.1, -0.05) is 24.3 Å². The monoisotopic (exact) mass is 277 g/mol. The van der Waals surface area contributed by atoms with Crippen molar-refractivity contribution in [3.05, 3.63) is 18.2 Å². The van der Waals surface area contributed by atoms with Crippen LogP contribution in [-0.2, 0) is 0 Å². The molecule has 0 bridgehead atoms. The van der Waals surface area contributed by atoms with E-state index in [0.717, 1.165) is 49.1 Å². The quantitative estimate of drug-likeness (QED) is 0.861. The van der Waals surface area contributed by atoms with E-state index in [4.69, 9.17) is 9.72 Å². The number of likely N-dealkylation sites (N-methyl/N-ethyl adjacent to an activating group) is 1. The van der Waals surface area contributed by atoms with E-state index in [1.54, 1.807) is 18.4 Å². The second kappa shape index (κ2) is 5.35. The summed E-state index contributed by atoms with van der Waals surface area (Å²) in [5.41, 5.74) is 0.989. The zero-order chi connectivity index (χ0) is 13.2. The number of piperazine rings is 1. The van der Waals surface area contributed by atoms with Crippen molar-refractivity contribution in [3.63, 3.8) is 0 Å². The van der Waals surface area contributed by atoms with Gasteiger partial charge in [-0.15, -0.1) is 0 Å². The van der Waals surface area contributed by atoms with Crippen molar-refractivity contribution in [2.45, 2.75) is 6.92 Å². The van der Waals surface area contributed by atoms with Gasteiger partial charge >= 0.3 is 0 Å². The van der Waals surface area contributed by atoms with Crippen LogP contribution in [0.2, 0.25) is 0 Å². The van der Waals surface area contributed by atoms with Crippen LogP contribution < -0.4 is 9.64 Å². The van der Waals surface area contributed by atoms with Crippen LogP contribution in [0.1, 0.15) is 6.92 Å². The van der Waals surface area contributed by atoms with E-state index in [0.29, 0.717) is 0 Å². The van der Waals surface area contributed by atoms with Gasteiger partial charge in [-0.05, 0) is 18.7 Å². The number of hydrogen-bond donors (Lipinski definition) is 0. The Hall–Kier alpha value is -1.33. The fraction of sp³-hybridized carbons (Fsp3) is 0.500. The highest BCUT2D eigenvalue weighted by Gasteiger charge is 2.19. The van der Waals surface area contributed by atoms with E-state index < -0.39 is 0 Å². The minimum atomic E-state index is 0.868. The molecular weight excluding hydrogens is 258 g/mol. The van der Waals surface area contributed by atoms with Crippen LogP contribution in [0, 0.1) is 0 Å². The van der Waals surface area contributed by atoms with Crippen molar-refractivity contribution in [1.29, 1.82) is 0 Å². The molecule has 102 valence electrons. The van der Waals surface area contributed by atoms with Crippen LogP contribution in [0.4, 0.5) is 5.13 Å². The second-order valence-corrected chi connectivity index (χ2v) is 5.73. The number of nitrogens with zero attached hydrogens (tertiary/aromatic N) is 3. The highest BCUT2D eigenvalue weighted by atomic mass is 32.1. The summed E-state index contributed by atoms with van der Waals surface area (Å²) < 4.78 is 6.58. The lowest BCUT2D eigenvalue weighted by Gasteiger charge is -2.33. The molecule has 2 aromatic rings. The average molecular weight is 277 g/mol. The lowest BCUT2D eigenvalue weighted by atomic mass is 10.3. The minimum absolute atomic E-state index is 0.868. The molecule has 0 N–H and O–H groups in total. The predicted molar refractivity (Wildman–Crippen MR) is 80.5 cm³/mol. The largest absolute Gasteiger partial charge is 0.494 e. The van der Waals surface area contributed by atoms with Gasteiger partial charge in [0.15, 0.2) is 5.13 Å². The maximum atomic E-state index is 5.38. The highest BCUT2D eigenvalue weighted by Crippen LogP contribution is 2.34. The van der Waals surface area contributed by atoms with Gasteiger partial charge in [0.2, 0.25) is 0 Å². The van der Waals surface area contributed by atoms with E-state index in [9.17, 15) is 0 Å². The molecule has 0 atom stereocenters. The molecule has 1 aromatic carbocycles. The van der Waals surface area contributed by atoms with Crippen LogP contribution in [0.15, 0.2) is 18.2 Å². The van der Waals surface area contributed by atoms with Crippen LogP contribution in [-0.4, -0.2) is 49.7 Å². The molecule has 1 aliphatic heterocycles. The van der Waals surface area contributed by atoms with Crippen molar-refractivity contribution >= 4 is 26.7 Å². The summed E-state index contributed by atoms with van der Waals surface area (Å²) >= 11 is 1.76. The van der Waals surface area contributed by atoms with E-state index in [1.165, 1.54) is 4.70 Å². The van der Waals surface area contributed by atoms with Crippen LogP contribution >= 0.6 is 11.3 Å². The Balaban J connectivity index is 1.86. The summed E-state index contributed by atoms with van der Waals surface area (Å²) in [6.45, 7) is 7.75. The molecule has 1 aromatic heterocycles. The second-order valence-electron chi connectivity index (χ2n) is 4.72. The van der Waals surface area contributed by atoms with Crippen molar-refractivity contribution < 1.29 is 4.74 Å². The summed E-state index contributed by atoms with van der Waals surface area (Å²) in [5, 5.41) is 1.12. The molecule has 1 saturated heterocycles. The number of aromatic nitrogens is 1. The Labute approximate surface area is 117 Å². The zero-order valence-electron chi connectivity index (χ0n) is 11.4. The van der Waals surface area contributed by atoms with E-state index in [2.05, 4.69) is 22.8 Å². The number of ether oxygens (including phenoxy) is 1. The standard InChI is InChI=1S/C14H19N3OS/c1-3-16-7-9-17(10-8-16)14-15-13-11(18-2)5-4-6-12(13)19-14/h4-6H,3,7-10H2,1-2H3. The van der Waals surface area contributed by atoms with Crippen molar-refractivity contribution in [2.75, 3.05) is 44.7 Å². The fourth-order valence-corrected chi connectivity index (χ4v) is 3.50. The summed E-state index contributed by atoms with van der Waals surface area (Å²) in [6.07, 6.45) is 0. The molecule has 1 aliphatic rings. The molecular formula is C14H19N3OS. The first-order valence-corrected chi connectivity index (χ1v) is 7.54. The Morgan fingerprint density at radius 3 is 2.74 bits per heavy atom. The van der Waals surface area contributed by atoms with Gasteiger partial charge in [-0.25, -0.2) is 4.98 Å². The van der Waals surface area contributed by atoms with Gasteiger partial charge in [0.1, 0.15) is 11.3 Å². The van der Waals surface area contributed by atoms with Crippen molar-refractivity contribution in [3.8, 4) is 5.75 Å². The van der Waals surface area contributed by atoms with Crippen LogP contribution in [0.5, 0.6) is 5.75 Å². The number of para-hydroxylation sites is 1. The smallest absolute Gasteiger partial charge is 0.186 e. The Morgan fingerprint density at radius 2 is 2.05 bits per heavy atom. The summed E-state index contributed by atoms with van der Waals surface area (Å²) in [7, 11) is 1.70. The first-order valence-electron chi connectivity index (χ1n) is 6.72. The average Bonchev–Trinajstić information content (AvgIpc) is 2.91. The lowest BCUT2D eigenvalue weighted by Crippen LogP contribution is -2.46.